The van der Waals surface area contributed by atoms with E-state index in [1.807, 2.05) is 0 Å². The standard InChI is InChI=1S/C16H19F3N2O.ClH/c17-16(18,19)12-3-1-2-9(6-12)8-21-15(22)13-10-4-5-11(7-10)14(13)20;/h1-3,6,10-11,13-14H,4-5,7-8,20H2,(H,21,22);1H. The summed E-state index contributed by atoms with van der Waals surface area (Å²) >= 11 is 0. The molecule has 2 bridgehead atoms. The molecule has 0 heterocycles. The second-order valence-electron chi connectivity index (χ2n) is 6.35. The van der Waals surface area contributed by atoms with E-state index in [2.05, 4.69) is 5.32 Å². The van der Waals surface area contributed by atoms with Crippen molar-refractivity contribution in [2.24, 2.45) is 23.5 Å². The molecule has 2 saturated carbocycles. The van der Waals surface area contributed by atoms with E-state index in [1.54, 1.807) is 6.07 Å². The van der Waals surface area contributed by atoms with Crippen molar-refractivity contribution in [2.75, 3.05) is 0 Å². The van der Waals surface area contributed by atoms with Gasteiger partial charge >= 0.3 is 6.18 Å². The highest BCUT2D eigenvalue weighted by Gasteiger charge is 2.48. The summed E-state index contributed by atoms with van der Waals surface area (Å²) in [7, 11) is 0. The van der Waals surface area contributed by atoms with E-state index < -0.39 is 11.7 Å². The SMILES string of the molecule is Cl.NC1C2CCC(C2)C1C(=O)NCc1cccc(C(F)(F)F)c1. The van der Waals surface area contributed by atoms with E-state index >= 15 is 0 Å². The smallest absolute Gasteiger partial charge is 0.352 e. The lowest BCUT2D eigenvalue weighted by Crippen LogP contribution is -2.45. The Morgan fingerprint density at radius 3 is 2.57 bits per heavy atom. The first-order valence-electron chi connectivity index (χ1n) is 7.55. The molecule has 3 rings (SSSR count). The van der Waals surface area contributed by atoms with E-state index in [0.717, 1.165) is 31.4 Å². The van der Waals surface area contributed by atoms with Gasteiger partial charge in [-0.25, -0.2) is 0 Å². The maximum atomic E-state index is 12.7. The van der Waals surface area contributed by atoms with Gasteiger partial charge in [0.25, 0.3) is 0 Å². The highest BCUT2D eigenvalue weighted by atomic mass is 35.5. The highest BCUT2D eigenvalue weighted by Crippen LogP contribution is 2.47. The lowest BCUT2D eigenvalue weighted by Gasteiger charge is -2.27. The van der Waals surface area contributed by atoms with Gasteiger partial charge in [0.15, 0.2) is 0 Å². The minimum atomic E-state index is -4.37. The Morgan fingerprint density at radius 2 is 1.96 bits per heavy atom. The monoisotopic (exact) mass is 348 g/mol. The Hall–Kier alpha value is -1.27. The Morgan fingerprint density at radius 1 is 1.26 bits per heavy atom. The summed E-state index contributed by atoms with van der Waals surface area (Å²) < 4.78 is 38.0. The summed E-state index contributed by atoms with van der Waals surface area (Å²) in [4.78, 5) is 12.3. The number of halogens is 4. The summed E-state index contributed by atoms with van der Waals surface area (Å²) in [5.74, 6) is 0.442. The van der Waals surface area contributed by atoms with Gasteiger partial charge in [-0.3, -0.25) is 4.79 Å². The number of nitrogens with two attached hydrogens (primary N) is 1. The van der Waals surface area contributed by atoms with Crippen LogP contribution in [-0.2, 0) is 17.5 Å². The molecular weight excluding hydrogens is 329 g/mol. The molecule has 3 nitrogen and oxygen atoms in total. The quantitative estimate of drug-likeness (QED) is 0.881. The van der Waals surface area contributed by atoms with Crippen molar-refractivity contribution in [3.05, 3.63) is 35.4 Å². The van der Waals surface area contributed by atoms with Crippen molar-refractivity contribution in [3.8, 4) is 0 Å². The number of rotatable bonds is 3. The van der Waals surface area contributed by atoms with Gasteiger partial charge in [-0.2, -0.15) is 13.2 Å². The van der Waals surface area contributed by atoms with Crippen molar-refractivity contribution < 1.29 is 18.0 Å². The van der Waals surface area contributed by atoms with Crippen LogP contribution in [0.3, 0.4) is 0 Å². The third kappa shape index (κ3) is 3.63. The minimum Gasteiger partial charge on any atom is -0.352 e. The third-order valence-electron chi connectivity index (χ3n) is 5.00. The second kappa shape index (κ2) is 6.69. The van der Waals surface area contributed by atoms with Gasteiger partial charge in [0.05, 0.1) is 11.5 Å². The number of carbonyl (C=O) groups is 1. The van der Waals surface area contributed by atoms with Crippen molar-refractivity contribution in [2.45, 2.75) is 38.0 Å². The Labute approximate surface area is 139 Å². The van der Waals surface area contributed by atoms with Crippen LogP contribution >= 0.6 is 12.4 Å². The van der Waals surface area contributed by atoms with Crippen LogP contribution in [-0.4, -0.2) is 11.9 Å². The first-order chi connectivity index (χ1) is 10.4. The van der Waals surface area contributed by atoms with Crippen molar-refractivity contribution in [1.29, 1.82) is 0 Å². The molecule has 0 spiro atoms. The molecule has 0 aromatic heterocycles. The summed E-state index contributed by atoms with van der Waals surface area (Å²) in [6, 6.07) is 4.92. The summed E-state index contributed by atoms with van der Waals surface area (Å²) in [6.07, 6.45) is -1.25. The molecule has 0 aliphatic heterocycles. The molecule has 2 aliphatic carbocycles. The number of hydrogen-bond acceptors (Lipinski definition) is 2. The van der Waals surface area contributed by atoms with Gasteiger partial charge in [-0.1, -0.05) is 12.1 Å². The van der Waals surface area contributed by atoms with Crippen LogP contribution in [0.5, 0.6) is 0 Å². The zero-order valence-electron chi connectivity index (χ0n) is 12.5. The van der Waals surface area contributed by atoms with Gasteiger partial charge in [0.2, 0.25) is 5.91 Å². The fraction of sp³-hybridized carbons (Fsp3) is 0.562. The molecule has 0 radical (unpaired) electrons. The fourth-order valence-electron chi connectivity index (χ4n) is 3.89. The Bertz CT molecular complexity index is 577. The zero-order chi connectivity index (χ0) is 15.9. The van der Waals surface area contributed by atoms with E-state index in [9.17, 15) is 18.0 Å². The zero-order valence-corrected chi connectivity index (χ0v) is 13.3. The largest absolute Gasteiger partial charge is 0.416 e. The maximum Gasteiger partial charge on any atom is 0.416 e. The van der Waals surface area contributed by atoms with Crippen molar-refractivity contribution in [3.63, 3.8) is 0 Å². The number of fused-ring (bicyclic) bond motifs is 2. The molecule has 7 heteroatoms. The van der Waals surface area contributed by atoms with Crippen molar-refractivity contribution in [1.82, 2.24) is 5.32 Å². The number of nitrogens with one attached hydrogen (secondary N) is 1. The van der Waals surface area contributed by atoms with Gasteiger partial charge in [-0.15, -0.1) is 12.4 Å². The second-order valence-corrected chi connectivity index (χ2v) is 6.35. The van der Waals surface area contributed by atoms with E-state index in [-0.39, 0.29) is 36.8 Å². The maximum absolute atomic E-state index is 12.7. The molecule has 2 aliphatic rings. The van der Waals surface area contributed by atoms with Crippen LogP contribution in [0.25, 0.3) is 0 Å². The topological polar surface area (TPSA) is 55.1 Å². The molecule has 128 valence electrons. The van der Waals surface area contributed by atoms with E-state index in [1.165, 1.54) is 6.07 Å². The number of alkyl halides is 3. The normalized spacial score (nSPS) is 29.2. The van der Waals surface area contributed by atoms with Crippen molar-refractivity contribution >= 4 is 18.3 Å². The first-order valence-corrected chi connectivity index (χ1v) is 7.55. The first kappa shape index (κ1) is 18.1. The summed E-state index contributed by atoms with van der Waals surface area (Å²) in [6.45, 7) is 0.101. The molecule has 1 aromatic rings. The lowest BCUT2D eigenvalue weighted by molar-refractivity contribution is -0.137. The Balaban J connectivity index is 0.00000192. The molecule has 23 heavy (non-hydrogen) atoms. The number of carbonyl (C=O) groups excluding carboxylic acids is 1. The molecular formula is C16H20ClF3N2O. The number of benzene rings is 1. The number of amides is 1. The molecule has 1 aromatic carbocycles. The van der Waals surface area contributed by atoms with Crippen LogP contribution in [0.2, 0.25) is 0 Å². The Kier molecular flexibility index (Phi) is 5.26. The molecule has 3 N–H and O–H groups in total. The average Bonchev–Trinajstić information content (AvgIpc) is 3.05. The van der Waals surface area contributed by atoms with E-state index in [4.69, 9.17) is 5.73 Å². The summed E-state index contributed by atoms with van der Waals surface area (Å²) in [5.41, 5.74) is 5.85. The molecule has 2 fully saturated rings. The van der Waals surface area contributed by atoms with Crippen LogP contribution in [0.1, 0.15) is 30.4 Å². The van der Waals surface area contributed by atoms with Gasteiger partial charge in [0.1, 0.15) is 0 Å². The minimum absolute atomic E-state index is 0. The average molecular weight is 349 g/mol. The predicted octanol–water partition coefficient (Wildman–Crippen LogP) is 3.12. The summed E-state index contributed by atoms with van der Waals surface area (Å²) in [5, 5.41) is 2.75. The molecule has 0 saturated heterocycles. The van der Waals surface area contributed by atoms with Crippen LogP contribution in [0, 0.1) is 17.8 Å². The fourth-order valence-corrected chi connectivity index (χ4v) is 3.89. The van der Waals surface area contributed by atoms with Gasteiger partial charge < -0.3 is 11.1 Å². The van der Waals surface area contributed by atoms with Crippen LogP contribution < -0.4 is 11.1 Å². The lowest BCUT2D eigenvalue weighted by atomic mass is 9.84. The van der Waals surface area contributed by atoms with Gasteiger partial charge in [-0.05, 0) is 48.8 Å². The predicted molar refractivity (Wildman–Crippen MR) is 82.8 cm³/mol. The van der Waals surface area contributed by atoms with Crippen LogP contribution in [0.4, 0.5) is 13.2 Å². The molecule has 4 unspecified atom stereocenters. The molecule has 1 amide bonds. The van der Waals surface area contributed by atoms with Gasteiger partial charge in [0, 0.05) is 12.6 Å². The van der Waals surface area contributed by atoms with Crippen LogP contribution in [0.15, 0.2) is 24.3 Å². The highest BCUT2D eigenvalue weighted by molar-refractivity contribution is 5.85. The van der Waals surface area contributed by atoms with E-state index in [0.29, 0.717) is 17.4 Å². The molecule has 4 atom stereocenters. The third-order valence-corrected chi connectivity index (χ3v) is 5.00. The number of hydrogen-bond donors (Lipinski definition) is 2.